The Labute approximate surface area is 113 Å². The minimum atomic E-state index is 0.271. The molecular formula is C13H18Cl2N2. The zero-order valence-electron chi connectivity index (χ0n) is 10.0. The van der Waals surface area contributed by atoms with Crippen LogP contribution in [0.15, 0.2) is 12.3 Å². The predicted octanol–water partition coefficient (Wildman–Crippen LogP) is 4.23. The first-order valence-electron chi connectivity index (χ1n) is 6.26. The van der Waals surface area contributed by atoms with Crippen LogP contribution in [-0.2, 0) is 0 Å². The summed E-state index contributed by atoms with van der Waals surface area (Å²) >= 11 is 12.1. The summed E-state index contributed by atoms with van der Waals surface area (Å²) in [5.74, 6) is 0.654. The zero-order valence-corrected chi connectivity index (χ0v) is 11.6. The van der Waals surface area contributed by atoms with Gasteiger partial charge in [-0.2, -0.15) is 0 Å². The van der Waals surface area contributed by atoms with E-state index in [1.165, 1.54) is 25.7 Å². The predicted molar refractivity (Wildman–Crippen MR) is 72.6 cm³/mol. The smallest absolute Gasteiger partial charge is 0.0762 e. The van der Waals surface area contributed by atoms with Gasteiger partial charge in [-0.1, -0.05) is 43.0 Å². The van der Waals surface area contributed by atoms with E-state index >= 15 is 0 Å². The first-order valence-corrected chi connectivity index (χ1v) is 7.02. The van der Waals surface area contributed by atoms with Crippen molar-refractivity contribution in [3.8, 4) is 0 Å². The van der Waals surface area contributed by atoms with Crippen molar-refractivity contribution in [2.75, 3.05) is 6.54 Å². The Morgan fingerprint density at radius 3 is 2.71 bits per heavy atom. The van der Waals surface area contributed by atoms with Crippen LogP contribution in [0.3, 0.4) is 0 Å². The molecule has 0 saturated heterocycles. The highest BCUT2D eigenvalue weighted by atomic mass is 35.5. The average Bonchev–Trinajstić information content (AvgIpc) is 2.80. The van der Waals surface area contributed by atoms with Gasteiger partial charge < -0.3 is 5.32 Å². The normalized spacial score (nSPS) is 18.5. The Hall–Kier alpha value is -0.310. The molecule has 0 aliphatic heterocycles. The second-order valence-corrected chi connectivity index (χ2v) is 5.44. The molecule has 1 aromatic heterocycles. The van der Waals surface area contributed by atoms with Gasteiger partial charge in [0.2, 0.25) is 0 Å². The van der Waals surface area contributed by atoms with E-state index in [0.717, 1.165) is 12.2 Å². The molecule has 1 aromatic rings. The van der Waals surface area contributed by atoms with Crippen LogP contribution in [0.4, 0.5) is 0 Å². The summed E-state index contributed by atoms with van der Waals surface area (Å²) in [5.41, 5.74) is 0.949. The van der Waals surface area contributed by atoms with Crippen molar-refractivity contribution < 1.29 is 0 Å². The summed E-state index contributed by atoms with van der Waals surface area (Å²) in [6, 6.07) is 2.05. The monoisotopic (exact) mass is 272 g/mol. The highest BCUT2D eigenvalue weighted by Crippen LogP contribution is 2.37. The quantitative estimate of drug-likeness (QED) is 0.888. The molecule has 0 radical (unpaired) electrons. The van der Waals surface area contributed by atoms with Gasteiger partial charge in [0, 0.05) is 6.20 Å². The molecule has 1 aliphatic rings. The van der Waals surface area contributed by atoms with Crippen molar-refractivity contribution in [2.24, 2.45) is 5.92 Å². The van der Waals surface area contributed by atoms with Crippen molar-refractivity contribution in [1.29, 1.82) is 0 Å². The molecule has 17 heavy (non-hydrogen) atoms. The van der Waals surface area contributed by atoms with E-state index in [0.29, 0.717) is 16.0 Å². The average molecular weight is 273 g/mol. The van der Waals surface area contributed by atoms with E-state index in [9.17, 15) is 0 Å². The second-order valence-electron chi connectivity index (χ2n) is 4.60. The molecule has 94 valence electrons. The summed E-state index contributed by atoms with van der Waals surface area (Å²) in [7, 11) is 0. The molecule has 4 heteroatoms. The number of pyridine rings is 1. The van der Waals surface area contributed by atoms with Gasteiger partial charge in [0.05, 0.1) is 21.8 Å². The molecule has 0 spiro atoms. The molecule has 1 unspecified atom stereocenters. The highest BCUT2D eigenvalue weighted by Gasteiger charge is 2.28. The maximum absolute atomic E-state index is 6.25. The van der Waals surface area contributed by atoms with E-state index in [1.54, 1.807) is 12.3 Å². The summed E-state index contributed by atoms with van der Waals surface area (Å²) in [6.07, 6.45) is 6.84. The van der Waals surface area contributed by atoms with Gasteiger partial charge in [0.25, 0.3) is 0 Å². The van der Waals surface area contributed by atoms with Crippen molar-refractivity contribution in [3.05, 3.63) is 28.0 Å². The van der Waals surface area contributed by atoms with Crippen LogP contribution in [0.1, 0.15) is 44.3 Å². The number of aromatic nitrogens is 1. The molecule has 1 saturated carbocycles. The number of hydrogen-bond acceptors (Lipinski definition) is 2. The van der Waals surface area contributed by atoms with Crippen LogP contribution in [0.2, 0.25) is 10.0 Å². The molecule has 2 nitrogen and oxygen atoms in total. The van der Waals surface area contributed by atoms with Gasteiger partial charge in [0.1, 0.15) is 0 Å². The minimum absolute atomic E-state index is 0.271. The Morgan fingerprint density at radius 1 is 1.41 bits per heavy atom. The van der Waals surface area contributed by atoms with Crippen LogP contribution in [0.25, 0.3) is 0 Å². The summed E-state index contributed by atoms with van der Waals surface area (Å²) in [4.78, 5) is 4.41. The Kier molecular flexibility index (Phi) is 4.66. The van der Waals surface area contributed by atoms with Crippen molar-refractivity contribution in [2.45, 2.75) is 38.6 Å². The zero-order chi connectivity index (χ0) is 12.3. The van der Waals surface area contributed by atoms with E-state index < -0.39 is 0 Å². The lowest BCUT2D eigenvalue weighted by molar-refractivity contribution is 0.367. The highest BCUT2D eigenvalue weighted by molar-refractivity contribution is 6.34. The van der Waals surface area contributed by atoms with Crippen LogP contribution in [0.5, 0.6) is 0 Å². The topological polar surface area (TPSA) is 24.9 Å². The van der Waals surface area contributed by atoms with Crippen molar-refractivity contribution in [3.63, 3.8) is 0 Å². The van der Waals surface area contributed by atoms with E-state index in [-0.39, 0.29) is 6.04 Å². The fourth-order valence-electron chi connectivity index (χ4n) is 2.65. The molecule has 2 rings (SSSR count). The van der Waals surface area contributed by atoms with Gasteiger partial charge in [-0.3, -0.25) is 4.98 Å². The molecule has 1 N–H and O–H groups in total. The Bertz CT molecular complexity index is 376. The Balaban J connectivity index is 2.24. The molecule has 1 atom stereocenters. The molecule has 1 aliphatic carbocycles. The molecule has 1 fully saturated rings. The molecule has 0 amide bonds. The molecule has 0 aromatic carbocycles. The number of nitrogens with one attached hydrogen (secondary N) is 1. The fourth-order valence-corrected chi connectivity index (χ4v) is 3.15. The lowest BCUT2D eigenvalue weighted by Crippen LogP contribution is -2.28. The largest absolute Gasteiger partial charge is 0.309 e. The lowest BCUT2D eigenvalue weighted by atomic mass is 9.95. The van der Waals surface area contributed by atoms with Gasteiger partial charge in [0.15, 0.2) is 0 Å². The molecular weight excluding hydrogens is 255 g/mol. The maximum Gasteiger partial charge on any atom is 0.0762 e. The first kappa shape index (κ1) is 13.1. The minimum Gasteiger partial charge on any atom is -0.309 e. The van der Waals surface area contributed by atoms with Crippen molar-refractivity contribution in [1.82, 2.24) is 10.3 Å². The van der Waals surface area contributed by atoms with Crippen LogP contribution < -0.4 is 5.32 Å². The summed E-state index contributed by atoms with van der Waals surface area (Å²) in [6.45, 7) is 3.05. The van der Waals surface area contributed by atoms with E-state index in [1.807, 2.05) is 0 Å². The second kappa shape index (κ2) is 6.03. The van der Waals surface area contributed by atoms with Gasteiger partial charge >= 0.3 is 0 Å². The van der Waals surface area contributed by atoms with Gasteiger partial charge in [-0.25, -0.2) is 0 Å². The molecule has 0 bridgehead atoms. The van der Waals surface area contributed by atoms with E-state index in [2.05, 4.69) is 17.2 Å². The SMILES string of the molecule is CCNC(c1ncc(Cl)cc1Cl)C1CCCC1. The third kappa shape index (κ3) is 3.12. The van der Waals surface area contributed by atoms with Crippen LogP contribution in [-0.4, -0.2) is 11.5 Å². The number of rotatable bonds is 4. The number of nitrogens with zero attached hydrogens (tertiary/aromatic N) is 1. The summed E-state index contributed by atoms with van der Waals surface area (Å²) in [5, 5.41) is 4.78. The Morgan fingerprint density at radius 2 is 2.12 bits per heavy atom. The third-order valence-electron chi connectivity index (χ3n) is 3.43. The van der Waals surface area contributed by atoms with Gasteiger partial charge in [-0.05, 0) is 31.4 Å². The van der Waals surface area contributed by atoms with Crippen LogP contribution >= 0.6 is 23.2 Å². The standard InChI is InChI=1S/C13H18Cl2N2/c1-2-16-12(9-5-3-4-6-9)13-11(15)7-10(14)8-17-13/h7-9,12,16H,2-6H2,1H3. The first-order chi connectivity index (χ1) is 8.22. The lowest BCUT2D eigenvalue weighted by Gasteiger charge is -2.24. The molecule has 1 heterocycles. The van der Waals surface area contributed by atoms with Crippen LogP contribution in [0, 0.1) is 5.92 Å². The number of halogens is 2. The fraction of sp³-hybridized carbons (Fsp3) is 0.615. The van der Waals surface area contributed by atoms with Crippen molar-refractivity contribution >= 4 is 23.2 Å². The number of hydrogen-bond donors (Lipinski definition) is 1. The van der Waals surface area contributed by atoms with E-state index in [4.69, 9.17) is 23.2 Å². The van der Waals surface area contributed by atoms with Gasteiger partial charge in [-0.15, -0.1) is 0 Å². The third-order valence-corrected chi connectivity index (χ3v) is 3.94. The summed E-state index contributed by atoms with van der Waals surface area (Å²) < 4.78 is 0. The maximum atomic E-state index is 6.25.